The zero-order valence-electron chi connectivity index (χ0n) is 11.5. The van der Waals surface area contributed by atoms with E-state index in [-0.39, 0.29) is 0 Å². The molecule has 2 aromatic rings. The van der Waals surface area contributed by atoms with Crippen molar-refractivity contribution in [3.63, 3.8) is 0 Å². The van der Waals surface area contributed by atoms with Crippen molar-refractivity contribution in [1.29, 1.82) is 0 Å². The van der Waals surface area contributed by atoms with Crippen LogP contribution in [0.2, 0.25) is 0 Å². The fraction of sp³-hybridized carbons (Fsp3) is 0.333. The van der Waals surface area contributed by atoms with Crippen LogP contribution < -0.4 is 5.32 Å². The van der Waals surface area contributed by atoms with E-state index in [1.807, 2.05) is 11.3 Å². The van der Waals surface area contributed by atoms with Crippen molar-refractivity contribution < 1.29 is 0 Å². The third kappa shape index (κ3) is 4.34. The summed E-state index contributed by atoms with van der Waals surface area (Å²) < 4.78 is 1.20. The van der Waals surface area contributed by atoms with Crippen molar-refractivity contribution in [2.24, 2.45) is 0 Å². The maximum absolute atomic E-state index is 3.55. The van der Waals surface area contributed by atoms with Gasteiger partial charge in [0.15, 0.2) is 0 Å². The van der Waals surface area contributed by atoms with E-state index in [1.165, 1.54) is 25.5 Å². The third-order valence-corrected chi connectivity index (χ3v) is 4.96. The average Bonchev–Trinajstić information content (AvgIpc) is 2.67. The Morgan fingerprint density at radius 3 is 2.42 bits per heavy atom. The lowest BCUT2D eigenvalue weighted by Gasteiger charge is -2.10. The number of benzene rings is 1. The lowest BCUT2D eigenvalue weighted by Crippen LogP contribution is -2.10. The summed E-state index contributed by atoms with van der Waals surface area (Å²) in [5.41, 5.74) is 2.51. The normalized spacial score (nSPS) is 11.0. The van der Waals surface area contributed by atoms with E-state index in [4.69, 9.17) is 0 Å². The standard InChI is InChI=1S/C15H19BrN2S/c1-11-15(16)8-14(19-11)9-17-13-6-4-12(5-7-13)10-18(2)3/h4-8,17H,9-10H2,1-3H3. The largest absolute Gasteiger partial charge is 0.380 e. The Morgan fingerprint density at radius 1 is 1.21 bits per heavy atom. The highest BCUT2D eigenvalue weighted by Crippen LogP contribution is 2.26. The Kier molecular flexibility index (Phi) is 5.02. The molecule has 0 atom stereocenters. The van der Waals surface area contributed by atoms with Crippen LogP contribution in [0.1, 0.15) is 15.3 Å². The summed E-state index contributed by atoms with van der Waals surface area (Å²) in [4.78, 5) is 4.86. The number of aryl methyl sites for hydroxylation is 1. The first-order valence-electron chi connectivity index (χ1n) is 6.27. The number of nitrogens with zero attached hydrogens (tertiary/aromatic N) is 1. The number of halogens is 1. The van der Waals surface area contributed by atoms with Crippen molar-refractivity contribution in [3.8, 4) is 0 Å². The minimum Gasteiger partial charge on any atom is -0.380 e. The smallest absolute Gasteiger partial charge is 0.0494 e. The molecule has 102 valence electrons. The molecule has 1 aromatic carbocycles. The lowest BCUT2D eigenvalue weighted by atomic mass is 10.2. The molecular formula is C15H19BrN2S. The Balaban J connectivity index is 1.92. The first-order valence-corrected chi connectivity index (χ1v) is 7.88. The first kappa shape index (κ1) is 14.6. The van der Waals surface area contributed by atoms with Gasteiger partial charge < -0.3 is 10.2 Å². The molecule has 0 unspecified atom stereocenters. The Hall–Kier alpha value is -0.840. The van der Waals surface area contributed by atoms with Crippen molar-refractivity contribution in [3.05, 3.63) is 50.1 Å². The fourth-order valence-corrected chi connectivity index (χ4v) is 3.43. The molecule has 1 N–H and O–H groups in total. The predicted molar refractivity (Wildman–Crippen MR) is 87.9 cm³/mol. The molecular weight excluding hydrogens is 320 g/mol. The quantitative estimate of drug-likeness (QED) is 0.863. The van der Waals surface area contributed by atoms with Gasteiger partial charge in [-0.05, 0) is 60.7 Å². The molecule has 0 bridgehead atoms. The van der Waals surface area contributed by atoms with Gasteiger partial charge in [0.05, 0.1) is 0 Å². The van der Waals surface area contributed by atoms with Gasteiger partial charge in [0.2, 0.25) is 0 Å². The first-order chi connectivity index (χ1) is 9.04. The van der Waals surface area contributed by atoms with Crippen LogP contribution in [0.4, 0.5) is 5.69 Å². The van der Waals surface area contributed by atoms with Crippen LogP contribution >= 0.6 is 27.3 Å². The van der Waals surface area contributed by atoms with Crippen LogP contribution in [0.5, 0.6) is 0 Å². The van der Waals surface area contributed by atoms with Gasteiger partial charge in [-0.1, -0.05) is 12.1 Å². The summed E-state index contributed by atoms with van der Waals surface area (Å²) in [6.45, 7) is 4.00. The van der Waals surface area contributed by atoms with Crippen molar-refractivity contribution in [2.75, 3.05) is 19.4 Å². The van der Waals surface area contributed by atoms with E-state index < -0.39 is 0 Å². The van der Waals surface area contributed by atoms with Crippen molar-refractivity contribution >= 4 is 33.0 Å². The van der Waals surface area contributed by atoms with Crippen LogP contribution in [-0.2, 0) is 13.1 Å². The molecule has 1 aromatic heterocycles. The summed E-state index contributed by atoms with van der Waals surface area (Å²) in [5.74, 6) is 0. The van der Waals surface area contributed by atoms with Gasteiger partial charge in [-0.15, -0.1) is 11.3 Å². The van der Waals surface area contributed by atoms with E-state index in [0.29, 0.717) is 0 Å². The van der Waals surface area contributed by atoms with Gasteiger partial charge in [-0.25, -0.2) is 0 Å². The summed E-state index contributed by atoms with van der Waals surface area (Å²) in [6, 6.07) is 10.8. The minimum absolute atomic E-state index is 0.879. The molecule has 0 spiro atoms. The molecule has 1 heterocycles. The molecule has 4 heteroatoms. The molecule has 0 aliphatic rings. The Morgan fingerprint density at radius 2 is 1.89 bits per heavy atom. The molecule has 0 saturated carbocycles. The maximum atomic E-state index is 3.55. The van der Waals surface area contributed by atoms with Crippen LogP contribution in [0.15, 0.2) is 34.8 Å². The molecule has 2 rings (SSSR count). The van der Waals surface area contributed by atoms with Crippen LogP contribution in [-0.4, -0.2) is 19.0 Å². The second kappa shape index (κ2) is 6.55. The average molecular weight is 339 g/mol. The summed E-state index contributed by atoms with van der Waals surface area (Å²) >= 11 is 5.38. The van der Waals surface area contributed by atoms with Gasteiger partial charge in [-0.2, -0.15) is 0 Å². The molecule has 0 fully saturated rings. The van der Waals surface area contributed by atoms with E-state index in [0.717, 1.165) is 13.1 Å². The molecule has 0 aliphatic heterocycles. The zero-order valence-corrected chi connectivity index (χ0v) is 13.9. The predicted octanol–water partition coefficient (Wildman–Crippen LogP) is 4.49. The SMILES string of the molecule is Cc1sc(CNc2ccc(CN(C)C)cc2)cc1Br. The highest BCUT2D eigenvalue weighted by molar-refractivity contribution is 9.10. The van der Waals surface area contributed by atoms with Crippen LogP contribution in [0.3, 0.4) is 0 Å². The fourth-order valence-electron chi connectivity index (χ4n) is 1.89. The van der Waals surface area contributed by atoms with Gasteiger partial charge >= 0.3 is 0 Å². The molecule has 0 amide bonds. The van der Waals surface area contributed by atoms with Crippen molar-refractivity contribution in [2.45, 2.75) is 20.0 Å². The van der Waals surface area contributed by atoms with E-state index in [9.17, 15) is 0 Å². The molecule has 19 heavy (non-hydrogen) atoms. The van der Waals surface area contributed by atoms with Gasteiger partial charge in [-0.3, -0.25) is 0 Å². The number of anilines is 1. The van der Waals surface area contributed by atoms with E-state index in [1.54, 1.807) is 0 Å². The zero-order chi connectivity index (χ0) is 13.8. The van der Waals surface area contributed by atoms with Gasteiger partial charge in [0, 0.05) is 33.0 Å². The summed E-state index contributed by atoms with van der Waals surface area (Å²) in [7, 11) is 4.17. The highest BCUT2D eigenvalue weighted by atomic mass is 79.9. The monoisotopic (exact) mass is 338 g/mol. The Labute approximate surface area is 127 Å². The summed E-state index contributed by atoms with van der Waals surface area (Å²) in [6.07, 6.45) is 0. The summed E-state index contributed by atoms with van der Waals surface area (Å²) in [5, 5.41) is 3.46. The number of hydrogen-bond acceptors (Lipinski definition) is 3. The number of nitrogens with one attached hydrogen (secondary N) is 1. The van der Waals surface area contributed by atoms with Gasteiger partial charge in [0.1, 0.15) is 0 Å². The molecule has 0 saturated heterocycles. The van der Waals surface area contributed by atoms with E-state index in [2.05, 4.69) is 77.5 Å². The van der Waals surface area contributed by atoms with Crippen LogP contribution in [0, 0.1) is 6.92 Å². The van der Waals surface area contributed by atoms with Crippen LogP contribution in [0.25, 0.3) is 0 Å². The second-order valence-corrected chi connectivity index (χ2v) is 7.10. The number of thiophene rings is 1. The number of rotatable bonds is 5. The topological polar surface area (TPSA) is 15.3 Å². The van der Waals surface area contributed by atoms with E-state index >= 15 is 0 Å². The van der Waals surface area contributed by atoms with Crippen molar-refractivity contribution in [1.82, 2.24) is 4.90 Å². The highest BCUT2D eigenvalue weighted by Gasteiger charge is 2.02. The Bertz CT molecular complexity index is 512. The maximum Gasteiger partial charge on any atom is 0.0494 e. The minimum atomic E-state index is 0.879. The molecule has 2 nitrogen and oxygen atoms in total. The second-order valence-electron chi connectivity index (χ2n) is 4.91. The molecule has 0 aliphatic carbocycles. The number of hydrogen-bond donors (Lipinski definition) is 1. The van der Waals surface area contributed by atoms with Gasteiger partial charge in [0.25, 0.3) is 0 Å². The lowest BCUT2D eigenvalue weighted by molar-refractivity contribution is 0.402. The third-order valence-electron chi connectivity index (χ3n) is 2.83. The molecule has 0 radical (unpaired) electrons.